The van der Waals surface area contributed by atoms with Gasteiger partial charge in [0.15, 0.2) is 0 Å². The van der Waals surface area contributed by atoms with Crippen LogP contribution in [0.1, 0.15) is 41.1 Å². The zero-order valence-electron chi connectivity index (χ0n) is 12.2. The van der Waals surface area contributed by atoms with Crippen molar-refractivity contribution < 1.29 is 14.3 Å². The number of pyridine rings is 1. The predicted octanol–water partition coefficient (Wildman–Crippen LogP) is 2.89. The number of nitrogen functional groups attached to an aromatic ring is 1. The van der Waals surface area contributed by atoms with Gasteiger partial charge in [-0.05, 0) is 42.5 Å². The summed E-state index contributed by atoms with van der Waals surface area (Å²) in [6, 6.07) is 6.82. The van der Waals surface area contributed by atoms with Crippen LogP contribution in [0.2, 0.25) is 0 Å². The van der Waals surface area contributed by atoms with Gasteiger partial charge in [0.25, 0.3) is 0 Å². The maximum atomic E-state index is 12.7. The van der Waals surface area contributed by atoms with Gasteiger partial charge in [0.2, 0.25) is 11.1 Å². The average Bonchev–Trinajstić information content (AvgIpc) is 2.45. The molecule has 23 heavy (non-hydrogen) atoms. The molecule has 0 bridgehead atoms. The molecular weight excluding hydrogens is 296 g/mol. The van der Waals surface area contributed by atoms with Crippen molar-refractivity contribution in [3.05, 3.63) is 45.6 Å². The van der Waals surface area contributed by atoms with Crippen molar-refractivity contribution in [1.29, 1.82) is 0 Å². The third kappa shape index (κ3) is 2.06. The fraction of sp³-hybridized carbons (Fsp3) is 0.235. The maximum Gasteiger partial charge on any atom is 0.339 e. The van der Waals surface area contributed by atoms with Crippen LogP contribution >= 0.6 is 0 Å². The Morgan fingerprint density at radius 1 is 1.26 bits per heavy atom. The Bertz CT molecular complexity index is 1020. The van der Waals surface area contributed by atoms with E-state index in [9.17, 15) is 9.59 Å². The number of carboxylic acids is 1. The van der Waals surface area contributed by atoms with Crippen LogP contribution in [0, 0.1) is 0 Å². The minimum Gasteiger partial charge on any atom is -0.478 e. The van der Waals surface area contributed by atoms with E-state index in [1.807, 2.05) is 12.1 Å². The zero-order chi connectivity index (χ0) is 16.1. The SMILES string of the molecule is Nc1nc2oc3ccc(C4CCC4)cc3c(=O)c2cc1C(=O)O. The summed E-state index contributed by atoms with van der Waals surface area (Å²) in [6.45, 7) is 0. The van der Waals surface area contributed by atoms with Crippen LogP contribution in [0.4, 0.5) is 5.82 Å². The smallest absolute Gasteiger partial charge is 0.339 e. The fourth-order valence-electron chi connectivity index (χ4n) is 2.98. The molecule has 0 amide bonds. The molecule has 0 spiro atoms. The summed E-state index contributed by atoms with van der Waals surface area (Å²) in [6.07, 6.45) is 3.47. The molecule has 3 N–H and O–H groups in total. The second-order valence-corrected chi connectivity index (χ2v) is 5.89. The van der Waals surface area contributed by atoms with E-state index in [0.29, 0.717) is 16.9 Å². The van der Waals surface area contributed by atoms with Crippen molar-refractivity contribution in [2.45, 2.75) is 25.2 Å². The molecule has 3 aromatic rings. The van der Waals surface area contributed by atoms with Crippen LogP contribution < -0.4 is 11.2 Å². The molecule has 0 saturated heterocycles. The van der Waals surface area contributed by atoms with Gasteiger partial charge in [0, 0.05) is 0 Å². The highest BCUT2D eigenvalue weighted by Gasteiger charge is 2.21. The van der Waals surface area contributed by atoms with Gasteiger partial charge in [-0.3, -0.25) is 4.79 Å². The number of hydrogen-bond donors (Lipinski definition) is 2. The van der Waals surface area contributed by atoms with Crippen LogP contribution in [0.3, 0.4) is 0 Å². The van der Waals surface area contributed by atoms with E-state index in [0.717, 1.165) is 18.4 Å². The number of hydrogen-bond acceptors (Lipinski definition) is 5. The van der Waals surface area contributed by atoms with E-state index in [2.05, 4.69) is 4.98 Å². The van der Waals surface area contributed by atoms with E-state index in [4.69, 9.17) is 15.3 Å². The molecule has 2 aromatic heterocycles. The molecule has 2 heterocycles. The molecule has 1 saturated carbocycles. The van der Waals surface area contributed by atoms with E-state index in [1.165, 1.54) is 12.5 Å². The molecule has 1 aliphatic rings. The van der Waals surface area contributed by atoms with Gasteiger partial charge in [-0.15, -0.1) is 0 Å². The van der Waals surface area contributed by atoms with Gasteiger partial charge in [-0.25, -0.2) is 4.79 Å². The summed E-state index contributed by atoms with van der Waals surface area (Å²) in [5, 5.41) is 9.72. The first kappa shape index (κ1) is 13.8. The monoisotopic (exact) mass is 310 g/mol. The highest BCUT2D eigenvalue weighted by atomic mass is 16.4. The quantitative estimate of drug-likeness (QED) is 0.705. The number of carbonyl (C=O) groups is 1. The number of carboxylic acid groups (broad SMARTS) is 1. The van der Waals surface area contributed by atoms with E-state index in [-0.39, 0.29) is 27.9 Å². The third-order valence-electron chi connectivity index (χ3n) is 4.52. The number of benzene rings is 1. The minimum atomic E-state index is -1.22. The number of aromatic nitrogens is 1. The molecule has 0 atom stereocenters. The van der Waals surface area contributed by atoms with Gasteiger partial charge in [0.1, 0.15) is 17.0 Å². The molecular formula is C17H14N2O4. The molecule has 1 aliphatic carbocycles. The Kier molecular flexibility index (Phi) is 2.87. The number of aromatic carboxylic acids is 1. The summed E-state index contributed by atoms with van der Waals surface area (Å²) in [7, 11) is 0. The molecule has 6 heteroatoms. The van der Waals surface area contributed by atoms with Gasteiger partial charge >= 0.3 is 5.97 Å². The van der Waals surface area contributed by atoms with Crippen molar-refractivity contribution in [2.75, 3.05) is 5.73 Å². The number of nitrogens with two attached hydrogens (primary N) is 1. The lowest BCUT2D eigenvalue weighted by Crippen LogP contribution is -2.11. The van der Waals surface area contributed by atoms with Crippen LogP contribution in [-0.4, -0.2) is 16.1 Å². The van der Waals surface area contributed by atoms with E-state index >= 15 is 0 Å². The predicted molar refractivity (Wildman–Crippen MR) is 85.7 cm³/mol. The highest BCUT2D eigenvalue weighted by molar-refractivity contribution is 5.98. The first-order chi connectivity index (χ1) is 11.0. The number of nitrogens with zero attached hydrogens (tertiary/aromatic N) is 1. The van der Waals surface area contributed by atoms with Crippen LogP contribution in [0.5, 0.6) is 0 Å². The summed E-state index contributed by atoms with van der Waals surface area (Å²) in [5.74, 6) is -0.896. The second kappa shape index (κ2) is 4.81. The molecule has 0 radical (unpaired) electrons. The summed E-state index contributed by atoms with van der Waals surface area (Å²) < 4.78 is 5.64. The Hall–Kier alpha value is -2.89. The van der Waals surface area contributed by atoms with Crippen molar-refractivity contribution in [2.24, 2.45) is 0 Å². The number of rotatable bonds is 2. The van der Waals surface area contributed by atoms with E-state index < -0.39 is 5.97 Å². The number of anilines is 1. The molecule has 0 unspecified atom stereocenters. The first-order valence-electron chi connectivity index (χ1n) is 7.45. The largest absolute Gasteiger partial charge is 0.478 e. The summed E-state index contributed by atoms with van der Waals surface area (Å²) >= 11 is 0. The van der Waals surface area contributed by atoms with Crippen LogP contribution in [0.15, 0.2) is 33.5 Å². The maximum absolute atomic E-state index is 12.7. The Morgan fingerprint density at radius 2 is 2.04 bits per heavy atom. The third-order valence-corrected chi connectivity index (χ3v) is 4.52. The molecule has 1 fully saturated rings. The lowest BCUT2D eigenvalue weighted by atomic mass is 9.80. The Morgan fingerprint density at radius 3 is 2.70 bits per heavy atom. The van der Waals surface area contributed by atoms with Gasteiger partial charge in [-0.1, -0.05) is 12.5 Å². The molecule has 116 valence electrons. The standard InChI is InChI=1S/C17H14N2O4/c18-15-12(17(21)22)7-11-14(20)10-6-9(8-2-1-3-8)4-5-13(10)23-16(11)19-15/h4-8H,1-3H2,(H2,18,19)(H,21,22). The normalized spacial score (nSPS) is 15.0. The molecule has 6 nitrogen and oxygen atoms in total. The second-order valence-electron chi connectivity index (χ2n) is 5.89. The van der Waals surface area contributed by atoms with Crippen LogP contribution in [0.25, 0.3) is 22.1 Å². The Balaban J connectivity index is 2.02. The highest BCUT2D eigenvalue weighted by Crippen LogP contribution is 2.37. The lowest BCUT2D eigenvalue weighted by molar-refractivity contribution is 0.0698. The summed E-state index contributed by atoms with van der Waals surface area (Å²) in [4.78, 5) is 27.8. The van der Waals surface area contributed by atoms with Gasteiger partial charge in [-0.2, -0.15) is 4.98 Å². The van der Waals surface area contributed by atoms with Crippen molar-refractivity contribution in [1.82, 2.24) is 4.98 Å². The topological polar surface area (TPSA) is 106 Å². The summed E-state index contributed by atoms with van der Waals surface area (Å²) in [5.41, 5.74) is 6.75. The lowest BCUT2D eigenvalue weighted by Gasteiger charge is -2.25. The van der Waals surface area contributed by atoms with Gasteiger partial charge in [0.05, 0.1) is 10.8 Å². The molecule has 0 aliphatic heterocycles. The van der Waals surface area contributed by atoms with Crippen molar-refractivity contribution in [3.8, 4) is 0 Å². The van der Waals surface area contributed by atoms with Crippen molar-refractivity contribution >= 4 is 33.9 Å². The van der Waals surface area contributed by atoms with Crippen molar-refractivity contribution in [3.63, 3.8) is 0 Å². The Labute approximate surface area is 130 Å². The molecule has 4 rings (SSSR count). The zero-order valence-corrected chi connectivity index (χ0v) is 12.2. The fourth-order valence-corrected chi connectivity index (χ4v) is 2.98. The van der Waals surface area contributed by atoms with Crippen LogP contribution in [-0.2, 0) is 0 Å². The van der Waals surface area contributed by atoms with E-state index in [1.54, 1.807) is 6.07 Å². The minimum absolute atomic E-state index is 0.0568. The van der Waals surface area contributed by atoms with Gasteiger partial charge < -0.3 is 15.3 Å². The number of fused-ring (bicyclic) bond motifs is 2. The average molecular weight is 310 g/mol. The first-order valence-corrected chi connectivity index (χ1v) is 7.45. The molecule has 1 aromatic carbocycles.